The van der Waals surface area contributed by atoms with Crippen LogP contribution in [0.5, 0.6) is 0 Å². The van der Waals surface area contributed by atoms with Crippen LogP contribution in [-0.2, 0) is 6.54 Å². The van der Waals surface area contributed by atoms with Crippen LogP contribution in [0.25, 0.3) is 0 Å². The molecule has 0 aliphatic rings. The summed E-state index contributed by atoms with van der Waals surface area (Å²) in [5.41, 5.74) is 1.11. The van der Waals surface area contributed by atoms with Crippen LogP contribution in [0.4, 0.5) is 0 Å². The summed E-state index contributed by atoms with van der Waals surface area (Å²) in [7, 11) is 0. The number of hydrogen-bond donors (Lipinski definition) is 0. The Labute approximate surface area is 128 Å². The molecular weight excluding hydrogens is 299 g/mol. The molecule has 0 radical (unpaired) electrons. The number of imidazole rings is 1. The van der Waals surface area contributed by atoms with Crippen LogP contribution < -0.4 is 0 Å². The van der Waals surface area contributed by atoms with Gasteiger partial charge in [-0.3, -0.25) is 0 Å². The molecule has 0 saturated heterocycles. The Bertz CT molecular complexity index is 559. The van der Waals surface area contributed by atoms with Crippen molar-refractivity contribution in [2.24, 2.45) is 0 Å². The molecule has 0 N–H and O–H groups in total. The lowest BCUT2D eigenvalue weighted by Gasteiger charge is -2.04. The van der Waals surface area contributed by atoms with E-state index in [0.29, 0.717) is 16.0 Å². The number of halogens is 2. The summed E-state index contributed by atoms with van der Waals surface area (Å²) in [5.74, 6) is 0.426. The van der Waals surface area contributed by atoms with Gasteiger partial charge in [0.2, 0.25) is 0 Å². The maximum absolute atomic E-state index is 6.02. The van der Waals surface area contributed by atoms with Crippen LogP contribution >= 0.6 is 35.0 Å². The molecule has 2 aromatic rings. The van der Waals surface area contributed by atoms with Gasteiger partial charge >= 0.3 is 0 Å². The highest BCUT2D eigenvalue weighted by Gasteiger charge is 2.11. The molecule has 0 saturated carbocycles. The number of rotatable bonds is 4. The van der Waals surface area contributed by atoms with E-state index in [2.05, 4.69) is 36.5 Å². The summed E-state index contributed by atoms with van der Waals surface area (Å²) in [6, 6.07) is 5.54. The van der Waals surface area contributed by atoms with E-state index in [1.165, 1.54) is 0 Å². The SMILES string of the molecule is CCn1cc(C(C)C)nc1Sc1cc(Cl)cc(Cl)c1. The van der Waals surface area contributed by atoms with Gasteiger partial charge in [-0.15, -0.1) is 0 Å². The minimum absolute atomic E-state index is 0.426. The molecule has 2 rings (SSSR count). The molecule has 0 bridgehead atoms. The van der Waals surface area contributed by atoms with Gasteiger partial charge in [0.15, 0.2) is 5.16 Å². The Morgan fingerprint density at radius 2 is 1.84 bits per heavy atom. The van der Waals surface area contributed by atoms with Crippen molar-refractivity contribution in [2.45, 2.75) is 43.3 Å². The summed E-state index contributed by atoms with van der Waals surface area (Å²) in [6.07, 6.45) is 2.11. The van der Waals surface area contributed by atoms with Crippen molar-refractivity contribution in [3.05, 3.63) is 40.1 Å². The molecule has 1 heterocycles. The lowest BCUT2D eigenvalue weighted by Crippen LogP contribution is -1.93. The van der Waals surface area contributed by atoms with Crippen LogP contribution in [0.3, 0.4) is 0 Å². The maximum Gasteiger partial charge on any atom is 0.173 e. The smallest absolute Gasteiger partial charge is 0.173 e. The molecule has 0 atom stereocenters. The predicted octanol–water partition coefficient (Wildman–Crippen LogP) is 5.48. The largest absolute Gasteiger partial charge is 0.326 e. The van der Waals surface area contributed by atoms with Gasteiger partial charge in [0, 0.05) is 27.7 Å². The van der Waals surface area contributed by atoms with Gasteiger partial charge in [-0.25, -0.2) is 4.98 Å². The molecule has 0 aliphatic heterocycles. The third-order valence-electron chi connectivity index (χ3n) is 2.74. The number of nitrogens with zero attached hydrogens (tertiary/aromatic N) is 2. The standard InChI is InChI=1S/C14H16Cl2N2S/c1-4-18-8-13(9(2)3)17-14(18)19-12-6-10(15)5-11(16)7-12/h5-9H,4H2,1-3H3. The molecular formula is C14H16Cl2N2S. The molecule has 19 heavy (non-hydrogen) atoms. The first-order chi connectivity index (χ1) is 8.99. The summed E-state index contributed by atoms with van der Waals surface area (Å²) >= 11 is 13.6. The second-order valence-electron chi connectivity index (χ2n) is 4.60. The normalized spacial score (nSPS) is 11.3. The fourth-order valence-electron chi connectivity index (χ4n) is 1.70. The van der Waals surface area contributed by atoms with Crippen molar-refractivity contribution >= 4 is 35.0 Å². The molecule has 0 aliphatic carbocycles. The van der Waals surface area contributed by atoms with Crippen LogP contribution in [-0.4, -0.2) is 9.55 Å². The zero-order chi connectivity index (χ0) is 14.0. The van der Waals surface area contributed by atoms with Gasteiger partial charge in [-0.1, -0.05) is 48.8 Å². The Kier molecular flexibility index (Phi) is 4.82. The molecule has 0 fully saturated rings. The summed E-state index contributed by atoms with van der Waals surface area (Å²) < 4.78 is 2.15. The van der Waals surface area contributed by atoms with Gasteiger partial charge in [0.05, 0.1) is 5.69 Å². The second-order valence-corrected chi connectivity index (χ2v) is 6.51. The molecule has 0 spiro atoms. The summed E-state index contributed by atoms with van der Waals surface area (Å²) in [5, 5.41) is 2.27. The quantitative estimate of drug-likeness (QED) is 0.743. The van der Waals surface area contributed by atoms with Crippen molar-refractivity contribution in [3.63, 3.8) is 0 Å². The molecule has 0 unspecified atom stereocenters. The Hall–Kier alpha value is -0.640. The first-order valence-electron chi connectivity index (χ1n) is 6.20. The lowest BCUT2D eigenvalue weighted by atomic mass is 10.2. The fourth-order valence-corrected chi connectivity index (χ4v) is 3.39. The average Bonchev–Trinajstić information content (AvgIpc) is 2.70. The Morgan fingerprint density at radius 1 is 1.21 bits per heavy atom. The van der Waals surface area contributed by atoms with Gasteiger partial charge in [0.25, 0.3) is 0 Å². The minimum atomic E-state index is 0.426. The van der Waals surface area contributed by atoms with Gasteiger partial charge in [-0.2, -0.15) is 0 Å². The van der Waals surface area contributed by atoms with Crippen LogP contribution in [0.2, 0.25) is 10.0 Å². The average molecular weight is 315 g/mol. The van der Waals surface area contributed by atoms with E-state index in [1.54, 1.807) is 17.8 Å². The number of aryl methyl sites for hydroxylation is 1. The Balaban J connectivity index is 2.31. The molecule has 0 amide bonds. The van der Waals surface area contributed by atoms with Crippen LogP contribution in [0, 0.1) is 0 Å². The van der Waals surface area contributed by atoms with Crippen LogP contribution in [0.15, 0.2) is 34.4 Å². The Morgan fingerprint density at radius 3 is 2.37 bits per heavy atom. The number of benzene rings is 1. The lowest BCUT2D eigenvalue weighted by molar-refractivity contribution is 0.681. The van der Waals surface area contributed by atoms with E-state index in [1.807, 2.05) is 12.1 Å². The zero-order valence-corrected chi connectivity index (χ0v) is 13.5. The molecule has 102 valence electrons. The summed E-state index contributed by atoms with van der Waals surface area (Å²) in [6.45, 7) is 7.30. The van der Waals surface area contributed by atoms with Gasteiger partial charge in [-0.05, 0) is 31.0 Å². The molecule has 1 aromatic carbocycles. The monoisotopic (exact) mass is 314 g/mol. The highest BCUT2D eigenvalue weighted by atomic mass is 35.5. The topological polar surface area (TPSA) is 17.8 Å². The highest BCUT2D eigenvalue weighted by molar-refractivity contribution is 7.99. The zero-order valence-electron chi connectivity index (χ0n) is 11.2. The van der Waals surface area contributed by atoms with Gasteiger partial charge < -0.3 is 4.57 Å². The fraction of sp³-hybridized carbons (Fsp3) is 0.357. The first kappa shape index (κ1) is 14.8. The van der Waals surface area contributed by atoms with Crippen molar-refractivity contribution in [1.82, 2.24) is 9.55 Å². The van der Waals surface area contributed by atoms with Crippen molar-refractivity contribution in [2.75, 3.05) is 0 Å². The molecule has 5 heteroatoms. The van der Waals surface area contributed by atoms with E-state index >= 15 is 0 Å². The van der Waals surface area contributed by atoms with Crippen molar-refractivity contribution in [3.8, 4) is 0 Å². The van der Waals surface area contributed by atoms with Crippen molar-refractivity contribution < 1.29 is 0 Å². The first-order valence-corrected chi connectivity index (χ1v) is 7.78. The second kappa shape index (κ2) is 6.21. The van der Waals surface area contributed by atoms with Crippen molar-refractivity contribution in [1.29, 1.82) is 0 Å². The van der Waals surface area contributed by atoms with Gasteiger partial charge in [0.1, 0.15) is 0 Å². The number of aromatic nitrogens is 2. The van der Waals surface area contributed by atoms with E-state index in [9.17, 15) is 0 Å². The predicted molar refractivity (Wildman–Crippen MR) is 82.6 cm³/mol. The third kappa shape index (κ3) is 3.68. The third-order valence-corrected chi connectivity index (χ3v) is 4.15. The number of hydrogen-bond acceptors (Lipinski definition) is 2. The van der Waals surface area contributed by atoms with E-state index < -0.39 is 0 Å². The van der Waals surface area contributed by atoms with E-state index in [4.69, 9.17) is 23.2 Å². The van der Waals surface area contributed by atoms with Crippen LogP contribution in [0.1, 0.15) is 32.4 Å². The van der Waals surface area contributed by atoms with E-state index in [0.717, 1.165) is 22.3 Å². The molecule has 2 nitrogen and oxygen atoms in total. The van der Waals surface area contributed by atoms with E-state index in [-0.39, 0.29) is 0 Å². The maximum atomic E-state index is 6.02. The minimum Gasteiger partial charge on any atom is -0.326 e. The summed E-state index contributed by atoms with van der Waals surface area (Å²) in [4.78, 5) is 5.68. The highest BCUT2D eigenvalue weighted by Crippen LogP contribution is 2.32. The molecule has 1 aromatic heterocycles.